The van der Waals surface area contributed by atoms with E-state index in [0.717, 1.165) is 12.8 Å². The Bertz CT molecular complexity index is 599. The molecule has 1 aromatic rings. The Morgan fingerprint density at radius 1 is 1.33 bits per heavy atom. The van der Waals surface area contributed by atoms with Crippen molar-refractivity contribution >= 4 is 47.6 Å². The SMILES string of the molecule is Nc1cc(Br)c(S(=O)(=O)N2CCCC2CCCO)c(Br)c1. The molecular formula is C13H18Br2N2O3S. The molecule has 0 radical (unpaired) electrons. The number of benzene rings is 1. The molecule has 1 saturated heterocycles. The Morgan fingerprint density at radius 3 is 2.52 bits per heavy atom. The van der Waals surface area contributed by atoms with Crippen LogP contribution in [-0.2, 0) is 10.0 Å². The van der Waals surface area contributed by atoms with Crippen molar-refractivity contribution in [3.63, 3.8) is 0 Å². The predicted molar refractivity (Wildman–Crippen MR) is 89.5 cm³/mol. The molecule has 0 aromatic heterocycles. The van der Waals surface area contributed by atoms with Crippen LogP contribution in [0.3, 0.4) is 0 Å². The highest BCUT2D eigenvalue weighted by Gasteiger charge is 2.37. The smallest absolute Gasteiger partial charge is 0.245 e. The summed E-state index contributed by atoms with van der Waals surface area (Å²) in [6, 6.07) is 3.14. The lowest BCUT2D eigenvalue weighted by atomic mass is 10.1. The first-order valence-corrected chi connectivity index (χ1v) is 9.77. The van der Waals surface area contributed by atoms with Crippen LogP contribution in [0.4, 0.5) is 5.69 Å². The van der Waals surface area contributed by atoms with Crippen molar-refractivity contribution in [2.75, 3.05) is 18.9 Å². The molecule has 1 aliphatic heterocycles. The largest absolute Gasteiger partial charge is 0.399 e. The van der Waals surface area contributed by atoms with Crippen molar-refractivity contribution < 1.29 is 13.5 Å². The van der Waals surface area contributed by atoms with Gasteiger partial charge < -0.3 is 10.8 Å². The number of aliphatic hydroxyl groups is 1. The summed E-state index contributed by atoms with van der Waals surface area (Å²) in [7, 11) is -3.59. The maximum atomic E-state index is 12.9. The van der Waals surface area contributed by atoms with Crippen molar-refractivity contribution in [2.45, 2.75) is 36.6 Å². The molecule has 1 fully saturated rings. The molecule has 0 saturated carbocycles. The highest BCUT2D eigenvalue weighted by atomic mass is 79.9. The second-order valence-corrected chi connectivity index (χ2v) is 8.63. The summed E-state index contributed by atoms with van der Waals surface area (Å²) in [5, 5.41) is 8.95. The molecule has 5 nitrogen and oxygen atoms in total. The van der Waals surface area contributed by atoms with Crippen LogP contribution in [0.5, 0.6) is 0 Å². The van der Waals surface area contributed by atoms with E-state index in [4.69, 9.17) is 10.8 Å². The first-order chi connectivity index (χ1) is 9.87. The zero-order valence-electron chi connectivity index (χ0n) is 11.4. The number of rotatable bonds is 5. The van der Waals surface area contributed by atoms with E-state index in [1.54, 1.807) is 16.4 Å². The molecular weight excluding hydrogens is 424 g/mol. The van der Waals surface area contributed by atoms with Crippen molar-refractivity contribution in [3.8, 4) is 0 Å². The maximum Gasteiger partial charge on any atom is 0.245 e. The molecule has 1 aromatic carbocycles. The number of anilines is 1. The molecule has 3 N–H and O–H groups in total. The summed E-state index contributed by atoms with van der Waals surface area (Å²) < 4.78 is 28.3. The number of nitrogen functional groups attached to an aromatic ring is 1. The number of sulfonamides is 1. The van der Waals surface area contributed by atoms with Crippen LogP contribution < -0.4 is 5.73 Å². The molecule has 118 valence electrons. The van der Waals surface area contributed by atoms with Gasteiger partial charge in [0, 0.05) is 33.8 Å². The van der Waals surface area contributed by atoms with Gasteiger partial charge in [-0.05, 0) is 69.7 Å². The minimum atomic E-state index is -3.59. The lowest BCUT2D eigenvalue weighted by Gasteiger charge is -2.25. The third kappa shape index (κ3) is 3.61. The van der Waals surface area contributed by atoms with Gasteiger partial charge in [0.15, 0.2) is 0 Å². The number of hydrogen-bond acceptors (Lipinski definition) is 4. The average Bonchev–Trinajstić information content (AvgIpc) is 2.83. The first kappa shape index (κ1) is 17.2. The highest BCUT2D eigenvalue weighted by molar-refractivity contribution is 9.11. The average molecular weight is 442 g/mol. The number of hydrogen-bond donors (Lipinski definition) is 2. The predicted octanol–water partition coefficient (Wildman–Crippen LogP) is 2.72. The fraction of sp³-hybridized carbons (Fsp3) is 0.538. The van der Waals surface area contributed by atoms with Crippen LogP contribution in [0, 0.1) is 0 Å². The fourth-order valence-corrected chi connectivity index (χ4v) is 6.95. The number of halogens is 2. The number of nitrogens with two attached hydrogens (primary N) is 1. The van der Waals surface area contributed by atoms with Crippen molar-refractivity contribution in [1.29, 1.82) is 0 Å². The fourth-order valence-electron chi connectivity index (χ4n) is 2.68. The molecule has 0 spiro atoms. The zero-order valence-corrected chi connectivity index (χ0v) is 15.4. The summed E-state index contributed by atoms with van der Waals surface area (Å²) in [5.41, 5.74) is 6.21. The van der Waals surface area contributed by atoms with Gasteiger partial charge in [-0.1, -0.05) is 0 Å². The number of nitrogens with zero attached hydrogens (tertiary/aromatic N) is 1. The van der Waals surface area contributed by atoms with Gasteiger partial charge in [-0.2, -0.15) is 4.31 Å². The molecule has 0 bridgehead atoms. The molecule has 8 heteroatoms. The van der Waals surface area contributed by atoms with E-state index in [1.807, 2.05) is 0 Å². The Morgan fingerprint density at radius 2 is 1.95 bits per heavy atom. The lowest BCUT2D eigenvalue weighted by molar-refractivity contribution is 0.264. The quantitative estimate of drug-likeness (QED) is 0.688. The van der Waals surface area contributed by atoms with Gasteiger partial charge in [0.05, 0.1) is 0 Å². The minimum absolute atomic E-state index is 0.0431. The summed E-state index contributed by atoms with van der Waals surface area (Å²) >= 11 is 6.60. The van der Waals surface area contributed by atoms with E-state index in [-0.39, 0.29) is 17.5 Å². The van der Waals surface area contributed by atoms with Gasteiger partial charge in [-0.25, -0.2) is 8.42 Å². The van der Waals surface area contributed by atoms with Crippen molar-refractivity contribution in [3.05, 3.63) is 21.1 Å². The summed E-state index contributed by atoms with van der Waals surface area (Å²) in [5.74, 6) is 0. The van der Waals surface area contributed by atoms with Gasteiger partial charge >= 0.3 is 0 Å². The van der Waals surface area contributed by atoms with Crippen LogP contribution >= 0.6 is 31.9 Å². The molecule has 2 rings (SSSR count). The summed E-state index contributed by atoms with van der Waals surface area (Å²) in [6.07, 6.45) is 2.98. The van der Waals surface area contributed by atoms with Crippen molar-refractivity contribution in [1.82, 2.24) is 4.31 Å². The first-order valence-electron chi connectivity index (χ1n) is 6.75. The van der Waals surface area contributed by atoms with Crippen LogP contribution in [0.2, 0.25) is 0 Å². The molecule has 1 aliphatic rings. The van der Waals surface area contributed by atoms with Gasteiger partial charge in [-0.15, -0.1) is 0 Å². The topological polar surface area (TPSA) is 83.6 Å². The van der Waals surface area contributed by atoms with E-state index in [1.165, 1.54) is 0 Å². The Hall–Kier alpha value is -0.150. The molecule has 0 amide bonds. The Labute approximate surface area is 141 Å². The Kier molecular flexibility index (Phi) is 5.70. The van der Waals surface area contributed by atoms with Crippen molar-refractivity contribution in [2.24, 2.45) is 0 Å². The van der Waals surface area contributed by atoms with Crippen LogP contribution in [0.1, 0.15) is 25.7 Å². The van der Waals surface area contributed by atoms with Gasteiger partial charge in [0.1, 0.15) is 4.90 Å². The summed E-state index contributed by atoms with van der Waals surface area (Å²) in [4.78, 5) is 0.215. The maximum absolute atomic E-state index is 12.9. The van der Waals surface area contributed by atoms with Crippen LogP contribution in [0.25, 0.3) is 0 Å². The normalized spacial score (nSPS) is 20.0. The summed E-state index contributed by atoms with van der Waals surface area (Å²) in [6.45, 7) is 0.599. The van der Waals surface area contributed by atoms with E-state index in [2.05, 4.69) is 31.9 Å². The standard InChI is InChI=1S/C13H18Br2N2O3S/c14-11-7-9(16)8-12(15)13(11)21(19,20)17-5-1-3-10(17)4-2-6-18/h7-8,10,18H,1-6,16H2. The number of aliphatic hydroxyl groups excluding tert-OH is 1. The molecule has 1 unspecified atom stereocenters. The van der Waals surface area contributed by atoms with Gasteiger partial charge in [-0.3, -0.25) is 0 Å². The second kappa shape index (κ2) is 6.95. The molecule has 1 atom stereocenters. The van der Waals surface area contributed by atoms with Crippen LogP contribution in [0.15, 0.2) is 26.0 Å². The van der Waals surface area contributed by atoms with E-state index < -0.39 is 10.0 Å². The van der Waals surface area contributed by atoms with Gasteiger partial charge in [0.25, 0.3) is 0 Å². The molecule has 0 aliphatic carbocycles. The van der Waals surface area contributed by atoms with Gasteiger partial charge in [0.2, 0.25) is 10.0 Å². The molecule has 1 heterocycles. The second-order valence-electron chi connectivity index (χ2n) is 5.09. The zero-order chi connectivity index (χ0) is 15.6. The monoisotopic (exact) mass is 440 g/mol. The Balaban J connectivity index is 2.38. The highest BCUT2D eigenvalue weighted by Crippen LogP contribution is 2.37. The molecule has 21 heavy (non-hydrogen) atoms. The third-order valence-corrected chi connectivity index (χ3v) is 7.44. The lowest BCUT2D eigenvalue weighted by Crippen LogP contribution is -2.36. The third-order valence-electron chi connectivity index (χ3n) is 3.61. The minimum Gasteiger partial charge on any atom is -0.399 e. The van der Waals surface area contributed by atoms with E-state index in [9.17, 15) is 8.42 Å². The van der Waals surface area contributed by atoms with Crippen LogP contribution in [-0.4, -0.2) is 37.0 Å². The van der Waals surface area contributed by atoms with E-state index >= 15 is 0 Å². The van der Waals surface area contributed by atoms with E-state index in [0.29, 0.717) is 34.0 Å².